The maximum Gasteiger partial charge on any atom is 0.276 e. The van der Waals surface area contributed by atoms with Crippen molar-refractivity contribution < 1.29 is 27.5 Å². The molecule has 11 heteroatoms. The smallest absolute Gasteiger partial charge is 0.276 e. The van der Waals surface area contributed by atoms with E-state index in [1.807, 2.05) is 36.4 Å². The largest absolute Gasteiger partial charge is 0.472 e. The summed E-state index contributed by atoms with van der Waals surface area (Å²) in [5.74, 6) is 0.378. The Balaban J connectivity index is 1.29. The van der Waals surface area contributed by atoms with Gasteiger partial charge in [-0.2, -0.15) is 0 Å². The number of amides is 2. The van der Waals surface area contributed by atoms with Crippen LogP contribution in [0.2, 0.25) is 0 Å². The third-order valence-corrected chi connectivity index (χ3v) is 11.0. The summed E-state index contributed by atoms with van der Waals surface area (Å²) in [6.07, 6.45) is 6.10. The van der Waals surface area contributed by atoms with Gasteiger partial charge in [-0.1, -0.05) is 31.2 Å². The Morgan fingerprint density at radius 3 is 2.60 bits per heavy atom. The Labute approximate surface area is 267 Å². The number of carbonyl (C=O) groups is 2. The number of fused-ring (bicyclic) bond motifs is 5. The van der Waals surface area contributed by atoms with E-state index in [-0.39, 0.29) is 22.8 Å². The number of benzene rings is 2. The van der Waals surface area contributed by atoms with Gasteiger partial charge in [0, 0.05) is 28.4 Å². The van der Waals surface area contributed by atoms with Gasteiger partial charge in [-0.15, -0.1) is 11.3 Å². The van der Waals surface area contributed by atoms with Gasteiger partial charge in [0.2, 0.25) is 15.9 Å². The predicted molar refractivity (Wildman–Crippen MR) is 176 cm³/mol. The number of hydrogen-bond donors (Lipinski definition) is 1. The first-order chi connectivity index (χ1) is 21.6. The van der Waals surface area contributed by atoms with E-state index in [1.165, 1.54) is 11.3 Å². The van der Waals surface area contributed by atoms with Crippen molar-refractivity contribution in [1.82, 2.24) is 9.29 Å². The summed E-state index contributed by atoms with van der Waals surface area (Å²) in [6.45, 7) is 3.54. The van der Waals surface area contributed by atoms with Crippen LogP contribution in [0.3, 0.4) is 0 Å². The van der Waals surface area contributed by atoms with Crippen molar-refractivity contribution >= 4 is 49.8 Å². The van der Waals surface area contributed by atoms with Crippen molar-refractivity contribution in [2.45, 2.75) is 58.3 Å². The fraction of sp³-hybridized carbons (Fsp3) is 0.412. The predicted octanol–water partition coefficient (Wildman–Crippen LogP) is 6.41. The van der Waals surface area contributed by atoms with Crippen molar-refractivity contribution in [2.75, 3.05) is 24.3 Å². The number of sulfonamides is 1. The standard InChI is InChI=1S/C34H37N3O6S2/c1-21-9-11-22(12-10-21)34(39)36(19-25-7-5-15-42-25)29-18-31(44-32(29)33(38)35-45(2,40)41)24-13-14-26-28-16-23-6-3-4-8-27(23)37(28)20-43-30(26)17-24/h3-4,6,8,13-14,16-18,21-22,25H,5,7,9-12,15,19-20H2,1-2H3,(H,35,38). The second-order valence-electron chi connectivity index (χ2n) is 12.6. The van der Waals surface area contributed by atoms with Crippen LogP contribution in [-0.4, -0.2) is 50.3 Å². The molecular weight excluding hydrogens is 611 g/mol. The molecule has 1 unspecified atom stereocenters. The molecule has 0 bridgehead atoms. The topological polar surface area (TPSA) is 107 Å². The van der Waals surface area contributed by atoms with E-state index in [9.17, 15) is 18.0 Å². The molecule has 4 aromatic rings. The Bertz CT molecular complexity index is 1880. The first-order valence-electron chi connectivity index (χ1n) is 15.6. The fourth-order valence-electron chi connectivity index (χ4n) is 6.84. The maximum atomic E-state index is 14.2. The molecule has 2 aromatic heterocycles. The highest BCUT2D eigenvalue weighted by atomic mass is 32.2. The van der Waals surface area contributed by atoms with Crippen LogP contribution in [0.25, 0.3) is 32.6 Å². The monoisotopic (exact) mass is 647 g/mol. The van der Waals surface area contributed by atoms with Gasteiger partial charge in [-0.05, 0) is 80.3 Å². The third kappa shape index (κ3) is 6.01. The third-order valence-electron chi connectivity index (χ3n) is 9.23. The molecule has 0 radical (unpaired) electrons. The molecule has 4 heterocycles. The molecule has 1 saturated carbocycles. The molecule has 1 aliphatic carbocycles. The second-order valence-corrected chi connectivity index (χ2v) is 15.4. The van der Waals surface area contributed by atoms with Gasteiger partial charge in [0.05, 0.1) is 35.8 Å². The summed E-state index contributed by atoms with van der Waals surface area (Å²) in [5.41, 5.74) is 4.39. The Kier molecular flexibility index (Phi) is 7.95. The van der Waals surface area contributed by atoms with Gasteiger partial charge >= 0.3 is 0 Å². The van der Waals surface area contributed by atoms with Gasteiger partial charge < -0.3 is 18.9 Å². The van der Waals surface area contributed by atoms with Gasteiger partial charge in [-0.3, -0.25) is 9.59 Å². The highest BCUT2D eigenvalue weighted by Crippen LogP contribution is 2.44. The molecule has 9 nitrogen and oxygen atoms in total. The maximum absolute atomic E-state index is 14.2. The molecular formula is C34H37N3O6S2. The molecule has 2 fully saturated rings. The van der Waals surface area contributed by atoms with E-state index in [4.69, 9.17) is 9.47 Å². The molecule has 2 amide bonds. The molecule has 7 rings (SSSR count). The minimum absolute atomic E-state index is 0.0308. The summed E-state index contributed by atoms with van der Waals surface area (Å²) in [5, 5.41) is 1.14. The molecule has 1 N–H and O–H groups in total. The van der Waals surface area contributed by atoms with E-state index in [0.29, 0.717) is 31.5 Å². The number of anilines is 1. The van der Waals surface area contributed by atoms with E-state index in [0.717, 1.165) is 83.1 Å². The summed E-state index contributed by atoms with van der Waals surface area (Å²) < 4.78 is 40.7. The van der Waals surface area contributed by atoms with Crippen molar-refractivity contribution in [3.8, 4) is 27.4 Å². The van der Waals surface area contributed by atoms with E-state index in [2.05, 4.69) is 34.4 Å². The SMILES string of the molecule is CC1CCC(C(=O)N(CC2CCCO2)c2cc(-c3ccc4c(c3)OCn3c-4cc4ccccc43)sc2C(=O)NS(C)(=O)=O)CC1. The molecule has 2 aliphatic heterocycles. The van der Waals surface area contributed by atoms with Crippen molar-refractivity contribution in [3.63, 3.8) is 0 Å². The Hall–Kier alpha value is -3.67. The van der Waals surface area contributed by atoms with Crippen LogP contribution >= 0.6 is 11.3 Å². The second kappa shape index (κ2) is 11.9. The normalized spacial score (nSPS) is 21.2. The number of thiophene rings is 1. The Morgan fingerprint density at radius 1 is 1.04 bits per heavy atom. The van der Waals surface area contributed by atoms with E-state index in [1.54, 1.807) is 4.90 Å². The van der Waals surface area contributed by atoms with Gasteiger partial charge in [0.1, 0.15) is 10.6 Å². The van der Waals surface area contributed by atoms with Crippen LogP contribution in [0.4, 0.5) is 5.69 Å². The zero-order valence-corrected chi connectivity index (χ0v) is 27.1. The Morgan fingerprint density at radius 2 is 1.84 bits per heavy atom. The summed E-state index contributed by atoms with van der Waals surface area (Å²) >= 11 is 1.18. The van der Waals surface area contributed by atoms with Crippen LogP contribution in [0.15, 0.2) is 54.6 Å². The van der Waals surface area contributed by atoms with Gasteiger partial charge in [-0.25, -0.2) is 13.1 Å². The zero-order valence-electron chi connectivity index (χ0n) is 25.5. The highest BCUT2D eigenvalue weighted by Gasteiger charge is 2.35. The first kappa shape index (κ1) is 30.0. The molecule has 45 heavy (non-hydrogen) atoms. The van der Waals surface area contributed by atoms with Crippen LogP contribution < -0.4 is 14.4 Å². The molecule has 0 spiro atoms. The number of ether oxygens (including phenoxy) is 2. The lowest BCUT2D eigenvalue weighted by Crippen LogP contribution is -2.43. The molecule has 3 aliphatic rings. The lowest BCUT2D eigenvalue weighted by atomic mass is 9.82. The van der Waals surface area contributed by atoms with Crippen LogP contribution in [-0.2, 0) is 26.3 Å². The summed E-state index contributed by atoms with van der Waals surface area (Å²) in [4.78, 5) is 30.3. The molecule has 236 valence electrons. The van der Waals surface area contributed by atoms with Crippen LogP contribution in [0.5, 0.6) is 5.75 Å². The molecule has 2 aromatic carbocycles. The van der Waals surface area contributed by atoms with Crippen molar-refractivity contribution in [2.24, 2.45) is 11.8 Å². The summed E-state index contributed by atoms with van der Waals surface area (Å²) in [7, 11) is -3.83. The van der Waals surface area contributed by atoms with Gasteiger partial charge in [0.15, 0.2) is 6.73 Å². The number of rotatable bonds is 7. The molecule has 1 atom stereocenters. The number of nitrogens with zero attached hydrogens (tertiary/aromatic N) is 2. The van der Waals surface area contributed by atoms with Crippen LogP contribution in [0.1, 0.15) is 55.1 Å². The average molecular weight is 648 g/mol. The fourth-order valence-corrected chi connectivity index (χ4v) is 8.40. The number of hydrogen-bond acceptors (Lipinski definition) is 7. The average Bonchev–Trinajstić information content (AvgIpc) is 3.78. The minimum Gasteiger partial charge on any atom is -0.472 e. The molecule has 1 saturated heterocycles. The number of para-hydroxylation sites is 1. The van der Waals surface area contributed by atoms with Crippen LogP contribution in [0, 0.1) is 11.8 Å². The zero-order chi connectivity index (χ0) is 31.3. The van der Waals surface area contributed by atoms with Gasteiger partial charge in [0.25, 0.3) is 5.91 Å². The first-order valence-corrected chi connectivity index (χ1v) is 18.3. The van der Waals surface area contributed by atoms with Crippen molar-refractivity contribution in [1.29, 1.82) is 0 Å². The lowest BCUT2D eigenvalue weighted by Gasteiger charge is -2.32. The van der Waals surface area contributed by atoms with E-state index >= 15 is 0 Å². The quantitative estimate of drug-likeness (QED) is 0.248. The lowest BCUT2D eigenvalue weighted by molar-refractivity contribution is -0.123. The van der Waals surface area contributed by atoms with Crippen molar-refractivity contribution in [3.05, 3.63) is 59.5 Å². The number of carbonyl (C=O) groups excluding carboxylic acids is 2. The number of nitrogens with one attached hydrogen (secondary N) is 1. The van der Waals surface area contributed by atoms with E-state index < -0.39 is 15.9 Å². The number of aromatic nitrogens is 1. The minimum atomic E-state index is -3.83. The highest BCUT2D eigenvalue weighted by molar-refractivity contribution is 7.89. The summed E-state index contributed by atoms with van der Waals surface area (Å²) in [6, 6.07) is 18.2.